The van der Waals surface area contributed by atoms with Gasteiger partial charge in [0.2, 0.25) is 0 Å². The number of aryl methyl sites for hydroxylation is 2. The van der Waals surface area contributed by atoms with Crippen molar-refractivity contribution in [3.8, 4) is 11.5 Å². The van der Waals surface area contributed by atoms with Crippen molar-refractivity contribution in [1.29, 1.82) is 0 Å². The fraction of sp³-hybridized carbons (Fsp3) is 0.333. The highest BCUT2D eigenvalue weighted by atomic mass is 35.5. The first kappa shape index (κ1) is 14.6. The molecule has 0 radical (unpaired) electrons. The molecule has 0 aromatic carbocycles. The summed E-state index contributed by atoms with van der Waals surface area (Å²) in [6.07, 6.45) is 0. The Balaban J connectivity index is 2.14. The smallest absolute Gasteiger partial charge is 0.142 e. The summed E-state index contributed by atoms with van der Waals surface area (Å²) in [5.41, 5.74) is 3.36. The number of pyridine rings is 2. The molecule has 106 valence electrons. The predicted octanol–water partition coefficient (Wildman–Crippen LogP) is 3.42. The lowest BCUT2D eigenvalue weighted by Gasteiger charge is -2.11. The van der Waals surface area contributed by atoms with Crippen LogP contribution in [0, 0.1) is 13.8 Å². The van der Waals surface area contributed by atoms with Crippen molar-refractivity contribution in [3.05, 3.63) is 47.0 Å². The highest BCUT2D eigenvalue weighted by molar-refractivity contribution is 6.17. The Labute approximate surface area is 123 Å². The van der Waals surface area contributed by atoms with Gasteiger partial charge in [0.1, 0.15) is 18.1 Å². The SMILES string of the molecule is COc1cc(C)nc(COc2ccc(C)nc2CCl)c1. The van der Waals surface area contributed by atoms with Gasteiger partial charge in [-0.05, 0) is 26.0 Å². The van der Waals surface area contributed by atoms with Gasteiger partial charge in [0, 0.05) is 23.5 Å². The number of alkyl halides is 1. The van der Waals surface area contributed by atoms with E-state index >= 15 is 0 Å². The molecule has 5 heteroatoms. The summed E-state index contributed by atoms with van der Waals surface area (Å²) in [7, 11) is 1.63. The molecule has 0 bridgehead atoms. The van der Waals surface area contributed by atoms with Crippen molar-refractivity contribution in [2.24, 2.45) is 0 Å². The summed E-state index contributed by atoms with van der Waals surface area (Å²) in [5, 5.41) is 0. The number of aromatic nitrogens is 2. The zero-order chi connectivity index (χ0) is 14.5. The molecule has 4 nitrogen and oxygen atoms in total. The highest BCUT2D eigenvalue weighted by Crippen LogP contribution is 2.21. The number of methoxy groups -OCH3 is 1. The second-order valence-electron chi connectivity index (χ2n) is 4.46. The molecule has 0 fully saturated rings. The van der Waals surface area contributed by atoms with Gasteiger partial charge in [0.25, 0.3) is 0 Å². The van der Waals surface area contributed by atoms with E-state index in [1.165, 1.54) is 0 Å². The third-order valence-electron chi connectivity index (χ3n) is 2.79. The van der Waals surface area contributed by atoms with Crippen LogP contribution in [0.1, 0.15) is 22.8 Å². The molecule has 0 aliphatic rings. The van der Waals surface area contributed by atoms with E-state index in [9.17, 15) is 0 Å². The lowest BCUT2D eigenvalue weighted by molar-refractivity contribution is 0.296. The van der Waals surface area contributed by atoms with Crippen molar-refractivity contribution < 1.29 is 9.47 Å². The highest BCUT2D eigenvalue weighted by Gasteiger charge is 2.07. The molecule has 0 unspecified atom stereocenters. The molecular formula is C15H17ClN2O2. The molecule has 0 saturated carbocycles. The normalized spacial score (nSPS) is 10.4. The van der Waals surface area contributed by atoms with E-state index in [2.05, 4.69) is 9.97 Å². The van der Waals surface area contributed by atoms with Crippen LogP contribution in [-0.2, 0) is 12.5 Å². The molecule has 0 saturated heterocycles. The maximum Gasteiger partial charge on any atom is 0.142 e. The fourth-order valence-corrected chi connectivity index (χ4v) is 2.06. The molecular weight excluding hydrogens is 276 g/mol. The molecule has 2 rings (SSSR count). The number of nitrogens with zero attached hydrogens (tertiary/aromatic N) is 2. The lowest BCUT2D eigenvalue weighted by Crippen LogP contribution is -2.03. The van der Waals surface area contributed by atoms with Crippen molar-refractivity contribution in [2.75, 3.05) is 7.11 Å². The van der Waals surface area contributed by atoms with Crippen LogP contribution < -0.4 is 9.47 Å². The molecule has 2 aromatic rings. The maximum atomic E-state index is 5.88. The van der Waals surface area contributed by atoms with Gasteiger partial charge in [-0.25, -0.2) is 0 Å². The fourth-order valence-electron chi connectivity index (χ4n) is 1.87. The van der Waals surface area contributed by atoms with Crippen LogP contribution in [0.4, 0.5) is 0 Å². The van der Waals surface area contributed by atoms with E-state index in [1.807, 2.05) is 38.1 Å². The van der Waals surface area contributed by atoms with Gasteiger partial charge < -0.3 is 9.47 Å². The molecule has 0 aliphatic carbocycles. The number of hydrogen-bond donors (Lipinski definition) is 0. The third kappa shape index (κ3) is 3.61. The minimum Gasteiger partial charge on any atom is -0.497 e. The van der Waals surface area contributed by atoms with Gasteiger partial charge in [-0.1, -0.05) is 0 Å². The minimum atomic E-state index is 0.321. The summed E-state index contributed by atoms with van der Waals surface area (Å²) in [4.78, 5) is 8.76. The first-order valence-electron chi connectivity index (χ1n) is 6.29. The molecule has 0 spiro atoms. The quantitative estimate of drug-likeness (QED) is 0.792. The van der Waals surface area contributed by atoms with Crippen LogP contribution in [0.15, 0.2) is 24.3 Å². The second kappa shape index (κ2) is 6.57. The first-order valence-corrected chi connectivity index (χ1v) is 6.82. The predicted molar refractivity (Wildman–Crippen MR) is 78.4 cm³/mol. The molecule has 0 aliphatic heterocycles. The molecule has 0 N–H and O–H groups in total. The zero-order valence-electron chi connectivity index (χ0n) is 11.8. The van der Waals surface area contributed by atoms with Gasteiger partial charge in [-0.3, -0.25) is 9.97 Å². The zero-order valence-corrected chi connectivity index (χ0v) is 12.6. The number of hydrogen-bond acceptors (Lipinski definition) is 4. The minimum absolute atomic E-state index is 0.321. The topological polar surface area (TPSA) is 44.2 Å². The summed E-state index contributed by atoms with van der Waals surface area (Å²) < 4.78 is 11.0. The van der Waals surface area contributed by atoms with Crippen LogP contribution in [0.25, 0.3) is 0 Å². The molecule has 2 heterocycles. The standard InChI is InChI=1S/C15H17ClN2O2/c1-10-4-5-15(14(8-16)18-10)20-9-12-7-13(19-3)6-11(2)17-12/h4-7H,8-9H2,1-3H3. The number of ether oxygens (including phenoxy) is 2. The Kier molecular flexibility index (Phi) is 4.79. The average molecular weight is 293 g/mol. The number of halogens is 1. The van der Waals surface area contributed by atoms with Gasteiger partial charge in [0.05, 0.1) is 24.4 Å². The summed E-state index contributed by atoms with van der Waals surface area (Å²) in [5.74, 6) is 1.78. The third-order valence-corrected chi connectivity index (χ3v) is 3.04. The number of rotatable bonds is 5. The lowest BCUT2D eigenvalue weighted by atomic mass is 10.3. The van der Waals surface area contributed by atoms with Crippen molar-refractivity contribution in [1.82, 2.24) is 9.97 Å². The largest absolute Gasteiger partial charge is 0.497 e. The van der Waals surface area contributed by atoms with Crippen molar-refractivity contribution >= 4 is 11.6 Å². The van der Waals surface area contributed by atoms with E-state index in [-0.39, 0.29) is 0 Å². The van der Waals surface area contributed by atoms with Crippen molar-refractivity contribution in [3.63, 3.8) is 0 Å². The Bertz CT molecular complexity index is 602. The molecule has 20 heavy (non-hydrogen) atoms. The summed E-state index contributed by atoms with van der Waals surface area (Å²) >= 11 is 5.88. The Morgan fingerprint density at radius 1 is 1.10 bits per heavy atom. The molecule has 0 amide bonds. The first-order chi connectivity index (χ1) is 9.62. The molecule has 0 atom stereocenters. The maximum absolute atomic E-state index is 5.88. The molecule has 2 aromatic heterocycles. The second-order valence-corrected chi connectivity index (χ2v) is 4.73. The monoisotopic (exact) mass is 292 g/mol. The van der Waals surface area contributed by atoms with E-state index in [1.54, 1.807) is 7.11 Å². The van der Waals surface area contributed by atoms with E-state index in [0.717, 1.165) is 28.5 Å². The Morgan fingerprint density at radius 3 is 2.60 bits per heavy atom. The van der Waals surface area contributed by atoms with Crippen LogP contribution >= 0.6 is 11.6 Å². The average Bonchev–Trinajstić information content (AvgIpc) is 2.45. The summed E-state index contributed by atoms with van der Waals surface area (Å²) in [6, 6.07) is 7.51. The summed E-state index contributed by atoms with van der Waals surface area (Å²) in [6.45, 7) is 4.20. The van der Waals surface area contributed by atoms with Crippen LogP contribution in [0.5, 0.6) is 11.5 Å². The van der Waals surface area contributed by atoms with E-state index < -0.39 is 0 Å². The van der Waals surface area contributed by atoms with Crippen molar-refractivity contribution in [2.45, 2.75) is 26.3 Å². The van der Waals surface area contributed by atoms with Gasteiger partial charge >= 0.3 is 0 Å². The van der Waals surface area contributed by atoms with E-state index in [4.69, 9.17) is 21.1 Å². The van der Waals surface area contributed by atoms with Gasteiger partial charge in [-0.2, -0.15) is 0 Å². The Morgan fingerprint density at radius 2 is 1.90 bits per heavy atom. The van der Waals surface area contributed by atoms with Crippen LogP contribution in [-0.4, -0.2) is 17.1 Å². The van der Waals surface area contributed by atoms with E-state index in [0.29, 0.717) is 18.2 Å². The van der Waals surface area contributed by atoms with Crippen LogP contribution in [0.3, 0.4) is 0 Å². The van der Waals surface area contributed by atoms with Gasteiger partial charge in [-0.15, -0.1) is 11.6 Å². The Hall–Kier alpha value is -1.81. The van der Waals surface area contributed by atoms with Gasteiger partial charge in [0.15, 0.2) is 0 Å². The van der Waals surface area contributed by atoms with Crippen LogP contribution in [0.2, 0.25) is 0 Å².